The molecule has 7 heterocycles. The van der Waals surface area contributed by atoms with E-state index in [9.17, 15) is 22.8 Å². The van der Waals surface area contributed by atoms with E-state index in [2.05, 4.69) is 31.1 Å². The van der Waals surface area contributed by atoms with E-state index in [1.807, 2.05) is 6.92 Å². The molecule has 3 aliphatic rings. The number of thioether (sulfide) groups is 1. The van der Waals surface area contributed by atoms with Crippen LogP contribution in [0.3, 0.4) is 0 Å². The van der Waals surface area contributed by atoms with Crippen molar-refractivity contribution in [2.75, 3.05) is 42.9 Å². The lowest BCUT2D eigenvalue weighted by Gasteiger charge is -2.39. The molecule has 0 radical (unpaired) electrons. The van der Waals surface area contributed by atoms with Gasteiger partial charge in [-0.2, -0.15) is 18.2 Å². The first kappa shape index (κ1) is 27.7. The Balaban J connectivity index is 1.32. The maximum Gasteiger partial charge on any atom is 0.447 e. The Kier molecular flexibility index (Phi) is 7.34. The van der Waals surface area contributed by atoms with Gasteiger partial charge in [0.05, 0.1) is 40.6 Å². The smallest absolute Gasteiger partial charge is 0.418 e. The Labute approximate surface area is 240 Å². The SMILES string of the molecule is CCN1CCCNc2cccn3c(SC(F)(F)F)c(cc23)-c2noc(n2)CNC(=O)c2cnc(o2)N2CC(C2)NC1=O. The number of oxazole rings is 1. The number of pyridine rings is 1. The van der Waals surface area contributed by atoms with Gasteiger partial charge in [-0.25, -0.2) is 9.78 Å². The molecule has 42 heavy (non-hydrogen) atoms. The summed E-state index contributed by atoms with van der Waals surface area (Å²) >= 11 is -0.284. The second-order valence-electron chi connectivity index (χ2n) is 9.70. The molecule has 3 amide bonds. The van der Waals surface area contributed by atoms with Crippen molar-refractivity contribution in [3.05, 3.63) is 42.2 Å². The number of rotatable bonds is 2. The molecule has 8 bridgehead atoms. The van der Waals surface area contributed by atoms with Crippen molar-refractivity contribution in [3.8, 4) is 11.4 Å². The number of hydrogen-bond acceptors (Lipinski definition) is 10. The molecule has 4 aromatic rings. The number of fused-ring (bicyclic) bond motifs is 8. The molecule has 1 saturated heterocycles. The van der Waals surface area contributed by atoms with E-state index in [0.29, 0.717) is 50.3 Å². The molecule has 0 aromatic carbocycles. The highest BCUT2D eigenvalue weighted by Crippen LogP contribution is 2.43. The maximum atomic E-state index is 13.6. The lowest BCUT2D eigenvalue weighted by atomic mass is 10.1. The number of carbonyl (C=O) groups excluding carboxylic acids is 2. The summed E-state index contributed by atoms with van der Waals surface area (Å²) in [5, 5.41) is 12.6. The van der Waals surface area contributed by atoms with Crippen LogP contribution in [0.15, 0.2) is 44.6 Å². The molecule has 1 fully saturated rings. The lowest BCUT2D eigenvalue weighted by Crippen LogP contribution is -2.61. The van der Waals surface area contributed by atoms with Gasteiger partial charge in [-0.05, 0) is 31.5 Å². The molecule has 17 heteroatoms. The monoisotopic (exact) mass is 605 g/mol. The molecule has 7 rings (SSSR count). The molecule has 4 aromatic heterocycles. The van der Waals surface area contributed by atoms with Crippen molar-refractivity contribution >= 4 is 40.9 Å². The highest BCUT2D eigenvalue weighted by molar-refractivity contribution is 8.00. The molecular formula is C25H26F3N9O4S. The number of hydrogen-bond donors (Lipinski definition) is 3. The van der Waals surface area contributed by atoms with Crippen molar-refractivity contribution in [2.45, 2.75) is 36.5 Å². The molecule has 0 spiro atoms. The average molecular weight is 606 g/mol. The van der Waals surface area contributed by atoms with Crippen LogP contribution in [-0.2, 0) is 6.54 Å². The van der Waals surface area contributed by atoms with Crippen LogP contribution < -0.4 is 20.9 Å². The zero-order chi connectivity index (χ0) is 29.4. The van der Waals surface area contributed by atoms with Crippen LogP contribution in [0.25, 0.3) is 16.9 Å². The molecule has 0 unspecified atom stereocenters. The Morgan fingerprint density at radius 2 is 2.05 bits per heavy atom. The predicted octanol–water partition coefficient (Wildman–Crippen LogP) is 3.55. The second kappa shape index (κ2) is 11.1. The minimum Gasteiger partial charge on any atom is -0.418 e. The van der Waals surface area contributed by atoms with Gasteiger partial charge in [0.15, 0.2) is 0 Å². The zero-order valence-corrected chi connectivity index (χ0v) is 23.1. The Bertz CT molecular complexity index is 1610. The fourth-order valence-corrected chi connectivity index (χ4v) is 5.52. The summed E-state index contributed by atoms with van der Waals surface area (Å²) in [6.07, 6.45) is 3.41. The summed E-state index contributed by atoms with van der Waals surface area (Å²) in [4.78, 5) is 37.3. The number of alkyl halides is 3. The zero-order valence-electron chi connectivity index (χ0n) is 22.3. The number of halogens is 3. The van der Waals surface area contributed by atoms with E-state index in [1.165, 1.54) is 16.8 Å². The molecule has 3 N–H and O–H groups in total. The van der Waals surface area contributed by atoms with Gasteiger partial charge < -0.3 is 39.1 Å². The van der Waals surface area contributed by atoms with Gasteiger partial charge in [0.1, 0.15) is 0 Å². The van der Waals surface area contributed by atoms with Gasteiger partial charge in [-0.15, -0.1) is 0 Å². The fraction of sp³-hybridized carbons (Fsp3) is 0.400. The van der Waals surface area contributed by atoms with Crippen LogP contribution in [-0.4, -0.2) is 80.6 Å². The fourth-order valence-electron chi connectivity index (χ4n) is 4.78. The van der Waals surface area contributed by atoms with Crippen molar-refractivity contribution < 1.29 is 31.7 Å². The third kappa shape index (κ3) is 5.68. The van der Waals surface area contributed by atoms with Crippen LogP contribution in [0, 0.1) is 0 Å². The van der Waals surface area contributed by atoms with E-state index in [1.54, 1.807) is 28.0 Å². The third-order valence-corrected chi connectivity index (χ3v) is 7.71. The standard InChI is InChI=1S/C25H26F3N9O4S/c1-2-35-7-4-6-29-16-5-3-8-37-17(16)9-15(22(37)42-25(26,27)28)20-33-19(41-34-20)11-30-21(38)18-10-31-24(40-18)36-12-14(13-36)32-23(35)39/h3,5,8-10,14,29H,2,4,6-7,11-13H2,1H3,(H,30,38)(H,32,39). The molecular weight excluding hydrogens is 579 g/mol. The van der Waals surface area contributed by atoms with Crippen LogP contribution >= 0.6 is 11.8 Å². The van der Waals surface area contributed by atoms with E-state index >= 15 is 0 Å². The van der Waals surface area contributed by atoms with Gasteiger partial charge in [0, 0.05) is 50.7 Å². The summed E-state index contributed by atoms with van der Waals surface area (Å²) in [7, 11) is 0. The van der Waals surface area contributed by atoms with Gasteiger partial charge in [0.25, 0.3) is 11.9 Å². The number of nitrogens with one attached hydrogen (secondary N) is 3. The lowest BCUT2D eigenvalue weighted by molar-refractivity contribution is -0.0329. The van der Waals surface area contributed by atoms with E-state index in [0.717, 1.165) is 0 Å². The minimum absolute atomic E-state index is 0.00477. The minimum atomic E-state index is -4.58. The Morgan fingerprint density at radius 1 is 1.21 bits per heavy atom. The third-order valence-electron chi connectivity index (χ3n) is 6.87. The van der Waals surface area contributed by atoms with E-state index in [4.69, 9.17) is 8.94 Å². The topological polar surface area (TPSA) is 146 Å². The normalized spacial score (nSPS) is 17.1. The van der Waals surface area contributed by atoms with Crippen molar-refractivity contribution in [2.24, 2.45) is 0 Å². The molecule has 3 aliphatic heterocycles. The van der Waals surface area contributed by atoms with Gasteiger partial charge in [0.2, 0.25) is 17.5 Å². The predicted molar refractivity (Wildman–Crippen MR) is 145 cm³/mol. The summed E-state index contributed by atoms with van der Waals surface area (Å²) < 4.78 is 53.0. The quantitative estimate of drug-likeness (QED) is 0.290. The van der Waals surface area contributed by atoms with Crippen molar-refractivity contribution in [1.29, 1.82) is 0 Å². The first-order valence-electron chi connectivity index (χ1n) is 13.2. The molecule has 13 nitrogen and oxygen atoms in total. The Morgan fingerprint density at radius 3 is 2.83 bits per heavy atom. The first-order chi connectivity index (χ1) is 20.2. The van der Waals surface area contributed by atoms with Crippen LogP contribution in [0.5, 0.6) is 0 Å². The van der Waals surface area contributed by atoms with E-state index in [-0.39, 0.29) is 64.5 Å². The molecule has 0 saturated carbocycles. The first-order valence-corrected chi connectivity index (χ1v) is 14.0. The van der Waals surface area contributed by atoms with E-state index < -0.39 is 11.4 Å². The van der Waals surface area contributed by atoms with Gasteiger partial charge >= 0.3 is 11.5 Å². The molecule has 0 aliphatic carbocycles. The highest BCUT2D eigenvalue weighted by Gasteiger charge is 2.35. The van der Waals surface area contributed by atoms with Crippen molar-refractivity contribution in [3.63, 3.8) is 0 Å². The number of nitrogens with zero attached hydrogens (tertiary/aromatic N) is 6. The maximum absolute atomic E-state index is 13.6. The molecule has 222 valence electrons. The van der Waals surface area contributed by atoms with Gasteiger partial charge in [-0.1, -0.05) is 5.16 Å². The van der Waals surface area contributed by atoms with Crippen LogP contribution in [0.4, 0.5) is 29.7 Å². The second-order valence-corrected chi connectivity index (χ2v) is 10.8. The summed E-state index contributed by atoms with van der Waals surface area (Å²) in [6.45, 7) is 4.11. The Hall–Kier alpha value is -4.41. The largest absolute Gasteiger partial charge is 0.447 e. The van der Waals surface area contributed by atoms with Crippen LogP contribution in [0.1, 0.15) is 29.8 Å². The number of urea groups is 1. The highest BCUT2D eigenvalue weighted by atomic mass is 32.2. The number of anilines is 2. The van der Waals surface area contributed by atoms with Crippen molar-refractivity contribution in [1.82, 2.24) is 35.1 Å². The number of aromatic nitrogens is 4. The summed E-state index contributed by atoms with van der Waals surface area (Å²) in [6, 6.07) is 4.91. The summed E-state index contributed by atoms with van der Waals surface area (Å²) in [5.41, 5.74) is -3.37. The van der Waals surface area contributed by atoms with Gasteiger partial charge in [-0.3, -0.25) is 4.79 Å². The molecule has 0 atom stereocenters. The average Bonchev–Trinajstić information content (AvgIpc) is 3.67. The number of amides is 3. The van der Waals surface area contributed by atoms with Crippen LogP contribution in [0.2, 0.25) is 0 Å². The number of carbonyl (C=O) groups is 2. The summed E-state index contributed by atoms with van der Waals surface area (Å²) in [5.74, 6) is -0.697.